The molecule has 20 heavy (non-hydrogen) atoms. The van der Waals surface area contributed by atoms with Gasteiger partial charge in [0, 0.05) is 31.9 Å². The first-order chi connectivity index (χ1) is 9.54. The van der Waals surface area contributed by atoms with Crippen molar-refractivity contribution in [2.24, 2.45) is 22.9 Å². The van der Waals surface area contributed by atoms with Crippen LogP contribution in [0.5, 0.6) is 0 Å². The Morgan fingerprint density at radius 2 is 2.20 bits per heavy atom. The second-order valence-corrected chi connectivity index (χ2v) is 6.05. The molecule has 1 aliphatic rings. The van der Waals surface area contributed by atoms with Crippen molar-refractivity contribution in [3.05, 3.63) is 0 Å². The number of urea groups is 1. The Kier molecular flexibility index (Phi) is 7.59. The van der Waals surface area contributed by atoms with Gasteiger partial charge in [-0.2, -0.15) is 5.10 Å². The lowest BCUT2D eigenvalue weighted by Gasteiger charge is -2.30. The number of ether oxygens (including phenoxy) is 1. The molecule has 0 radical (unpaired) electrons. The highest BCUT2D eigenvalue weighted by molar-refractivity contribution is 5.89. The van der Waals surface area contributed by atoms with Gasteiger partial charge in [0.2, 0.25) is 0 Å². The standard InChI is InChI=1S/C15H29N3O2/c1-11(2)13-7-6-12(3)10-14(13)17-18-15(19)16-8-5-9-20-4/h11-13H,5-10H2,1-4H3,(H2,16,18,19)/t12-,13-/m1/s1. The lowest BCUT2D eigenvalue weighted by atomic mass is 9.76. The Morgan fingerprint density at radius 3 is 2.85 bits per heavy atom. The SMILES string of the molecule is COCCCNC(=O)NN=C1C[C@H](C)CC[C@@H]1C(C)C. The van der Waals surface area contributed by atoms with Gasteiger partial charge in [0.25, 0.3) is 0 Å². The number of nitrogens with zero attached hydrogens (tertiary/aromatic N) is 1. The predicted octanol–water partition coefficient (Wildman–Crippen LogP) is 2.77. The van der Waals surface area contributed by atoms with E-state index < -0.39 is 0 Å². The molecule has 0 heterocycles. The van der Waals surface area contributed by atoms with Crippen LogP contribution in [0.4, 0.5) is 4.79 Å². The number of rotatable bonds is 6. The summed E-state index contributed by atoms with van der Waals surface area (Å²) in [5, 5.41) is 7.13. The Hall–Kier alpha value is -1.10. The number of carbonyl (C=O) groups excluding carboxylic acids is 1. The van der Waals surface area contributed by atoms with E-state index in [-0.39, 0.29) is 6.03 Å². The molecule has 1 aliphatic carbocycles. The van der Waals surface area contributed by atoms with Gasteiger partial charge in [-0.15, -0.1) is 0 Å². The molecule has 1 saturated carbocycles. The van der Waals surface area contributed by atoms with E-state index in [1.165, 1.54) is 12.8 Å². The van der Waals surface area contributed by atoms with Crippen LogP contribution in [-0.2, 0) is 4.74 Å². The zero-order chi connectivity index (χ0) is 15.0. The fraction of sp³-hybridized carbons (Fsp3) is 0.867. The van der Waals surface area contributed by atoms with Crippen LogP contribution in [0.15, 0.2) is 5.10 Å². The number of hydrogen-bond acceptors (Lipinski definition) is 3. The second kappa shape index (κ2) is 8.95. The van der Waals surface area contributed by atoms with E-state index >= 15 is 0 Å². The van der Waals surface area contributed by atoms with Gasteiger partial charge in [0.05, 0.1) is 0 Å². The number of amides is 2. The van der Waals surface area contributed by atoms with E-state index in [9.17, 15) is 4.79 Å². The van der Waals surface area contributed by atoms with Gasteiger partial charge in [-0.05, 0) is 37.5 Å². The van der Waals surface area contributed by atoms with Crippen LogP contribution in [0.3, 0.4) is 0 Å². The molecule has 2 amide bonds. The monoisotopic (exact) mass is 283 g/mol. The number of hydrogen-bond donors (Lipinski definition) is 2. The maximum absolute atomic E-state index is 11.6. The highest BCUT2D eigenvalue weighted by atomic mass is 16.5. The second-order valence-electron chi connectivity index (χ2n) is 6.05. The highest BCUT2D eigenvalue weighted by Crippen LogP contribution is 2.31. The number of carbonyl (C=O) groups is 1. The van der Waals surface area contributed by atoms with Gasteiger partial charge in [-0.25, -0.2) is 10.2 Å². The summed E-state index contributed by atoms with van der Waals surface area (Å²) in [4.78, 5) is 11.6. The molecule has 0 unspecified atom stereocenters. The van der Waals surface area contributed by atoms with Crippen molar-refractivity contribution in [1.82, 2.24) is 10.7 Å². The summed E-state index contributed by atoms with van der Waals surface area (Å²) in [6.45, 7) is 7.95. The molecule has 1 fully saturated rings. The van der Waals surface area contributed by atoms with Gasteiger partial charge < -0.3 is 10.1 Å². The van der Waals surface area contributed by atoms with Crippen LogP contribution in [0.2, 0.25) is 0 Å². The molecule has 0 aromatic rings. The zero-order valence-electron chi connectivity index (χ0n) is 13.2. The topological polar surface area (TPSA) is 62.7 Å². The Morgan fingerprint density at radius 1 is 1.45 bits per heavy atom. The number of methoxy groups -OCH3 is 1. The molecule has 1 rings (SSSR count). The highest BCUT2D eigenvalue weighted by Gasteiger charge is 2.27. The average molecular weight is 283 g/mol. The molecular weight excluding hydrogens is 254 g/mol. The summed E-state index contributed by atoms with van der Waals surface area (Å²) < 4.78 is 4.93. The van der Waals surface area contributed by atoms with Crippen LogP contribution in [-0.4, -0.2) is 32.0 Å². The first-order valence-electron chi connectivity index (χ1n) is 7.63. The summed E-state index contributed by atoms with van der Waals surface area (Å²) in [7, 11) is 1.66. The molecule has 0 aromatic carbocycles. The van der Waals surface area contributed by atoms with Crippen molar-refractivity contribution >= 4 is 11.7 Å². The van der Waals surface area contributed by atoms with Crippen molar-refractivity contribution in [3.63, 3.8) is 0 Å². The van der Waals surface area contributed by atoms with Crippen molar-refractivity contribution < 1.29 is 9.53 Å². The number of hydrazone groups is 1. The van der Waals surface area contributed by atoms with Crippen LogP contribution >= 0.6 is 0 Å². The van der Waals surface area contributed by atoms with Crippen LogP contribution < -0.4 is 10.7 Å². The van der Waals surface area contributed by atoms with Crippen LogP contribution in [0.25, 0.3) is 0 Å². The largest absolute Gasteiger partial charge is 0.385 e. The van der Waals surface area contributed by atoms with E-state index in [4.69, 9.17) is 4.74 Å². The van der Waals surface area contributed by atoms with Crippen molar-refractivity contribution in [1.29, 1.82) is 0 Å². The molecule has 5 heteroatoms. The predicted molar refractivity (Wildman–Crippen MR) is 81.8 cm³/mol. The third-order valence-electron chi connectivity index (χ3n) is 3.87. The fourth-order valence-electron chi connectivity index (χ4n) is 2.67. The molecule has 0 aliphatic heterocycles. The summed E-state index contributed by atoms with van der Waals surface area (Å²) in [5.74, 6) is 1.74. The third kappa shape index (κ3) is 5.90. The Labute approximate surface area is 122 Å². The van der Waals surface area contributed by atoms with Gasteiger partial charge in [0.1, 0.15) is 0 Å². The molecule has 0 saturated heterocycles. The minimum absolute atomic E-state index is 0.227. The first-order valence-corrected chi connectivity index (χ1v) is 7.63. The Balaban J connectivity index is 2.42. The van der Waals surface area contributed by atoms with E-state index in [1.807, 2.05) is 0 Å². The molecule has 5 nitrogen and oxygen atoms in total. The maximum Gasteiger partial charge on any atom is 0.335 e. The molecule has 2 atom stereocenters. The lowest BCUT2D eigenvalue weighted by molar-refractivity contribution is 0.193. The summed E-state index contributed by atoms with van der Waals surface area (Å²) in [5.41, 5.74) is 3.78. The minimum atomic E-state index is -0.227. The zero-order valence-corrected chi connectivity index (χ0v) is 13.2. The normalized spacial score (nSPS) is 24.9. The summed E-state index contributed by atoms with van der Waals surface area (Å²) in [6, 6.07) is -0.227. The molecule has 2 N–H and O–H groups in total. The van der Waals surface area contributed by atoms with Crippen LogP contribution in [0.1, 0.15) is 46.5 Å². The van der Waals surface area contributed by atoms with Crippen molar-refractivity contribution in [2.75, 3.05) is 20.3 Å². The van der Waals surface area contributed by atoms with E-state index in [1.54, 1.807) is 7.11 Å². The van der Waals surface area contributed by atoms with Gasteiger partial charge in [0.15, 0.2) is 0 Å². The third-order valence-corrected chi connectivity index (χ3v) is 3.87. The smallest absolute Gasteiger partial charge is 0.335 e. The van der Waals surface area contributed by atoms with Gasteiger partial charge >= 0.3 is 6.03 Å². The van der Waals surface area contributed by atoms with Crippen LogP contribution in [0, 0.1) is 17.8 Å². The van der Waals surface area contributed by atoms with E-state index in [0.29, 0.717) is 30.9 Å². The summed E-state index contributed by atoms with van der Waals surface area (Å²) in [6.07, 6.45) is 4.23. The molecular formula is C15H29N3O2. The molecule has 0 spiro atoms. The Bertz CT molecular complexity index is 329. The quantitative estimate of drug-likeness (QED) is 0.581. The molecule has 0 aromatic heterocycles. The average Bonchev–Trinajstić information content (AvgIpc) is 2.41. The van der Waals surface area contributed by atoms with Gasteiger partial charge in [-0.3, -0.25) is 0 Å². The minimum Gasteiger partial charge on any atom is -0.385 e. The van der Waals surface area contributed by atoms with Crippen molar-refractivity contribution in [2.45, 2.75) is 46.5 Å². The van der Waals surface area contributed by atoms with Crippen molar-refractivity contribution in [3.8, 4) is 0 Å². The molecule has 116 valence electrons. The number of nitrogens with one attached hydrogen (secondary N) is 2. The van der Waals surface area contributed by atoms with E-state index in [0.717, 1.165) is 18.6 Å². The summed E-state index contributed by atoms with van der Waals surface area (Å²) >= 11 is 0. The first kappa shape index (κ1) is 17.0. The van der Waals surface area contributed by atoms with Gasteiger partial charge in [-0.1, -0.05) is 20.8 Å². The maximum atomic E-state index is 11.6. The molecule has 0 bridgehead atoms. The fourth-order valence-corrected chi connectivity index (χ4v) is 2.67. The van der Waals surface area contributed by atoms with E-state index in [2.05, 4.69) is 36.6 Å². The lowest BCUT2D eigenvalue weighted by Crippen LogP contribution is -2.36.